The number of unbranched alkanes of at least 4 members (excludes halogenated alkanes) is 3. The Balaban J connectivity index is 1.90. The second kappa shape index (κ2) is 8.15. The minimum Gasteiger partial charge on any atom is -0.314 e. The van der Waals surface area contributed by atoms with E-state index in [1.165, 1.54) is 64.3 Å². The molecule has 0 saturated heterocycles. The van der Waals surface area contributed by atoms with Crippen molar-refractivity contribution in [3.63, 3.8) is 0 Å². The first-order valence-electron chi connectivity index (χ1n) is 7.06. The lowest BCUT2D eigenvalue weighted by Gasteiger charge is -2.16. The van der Waals surface area contributed by atoms with Crippen LogP contribution in [0.2, 0.25) is 0 Å². The average molecular weight is 211 g/mol. The maximum Gasteiger partial charge on any atom is 0.00388 e. The molecule has 1 rings (SSSR count). The lowest BCUT2D eigenvalue weighted by Crippen LogP contribution is -2.30. The van der Waals surface area contributed by atoms with Gasteiger partial charge in [0.05, 0.1) is 0 Å². The lowest BCUT2D eigenvalue weighted by atomic mass is 10.1. The van der Waals surface area contributed by atoms with Gasteiger partial charge in [0.15, 0.2) is 0 Å². The standard InChI is InChI=1S/C14H29N/c1-3-4-5-6-9-13(2)15-12-14-10-7-8-11-14/h13-15H,3-12H2,1-2H3. The zero-order valence-corrected chi connectivity index (χ0v) is 10.7. The van der Waals surface area contributed by atoms with E-state index >= 15 is 0 Å². The van der Waals surface area contributed by atoms with Crippen LogP contribution in [0.15, 0.2) is 0 Å². The first-order valence-corrected chi connectivity index (χ1v) is 7.06. The molecule has 1 nitrogen and oxygen atoms in total. The Kier molecular flexibility index (Phi) is 7.08. The van der Waals surface area contributed by atoms with Gasteiger partial charge in [-0.2, -0.15) is 0 Å². The fourth-order valence-corrected chi connectivity index (χ4v) is 2.56. The molecule has 0 aromatic carbocycles. The van der Waals surface area contributed by atoms with Crippen molar-refractivity contribution in [1.82, 2.24) is 5.32 Å². The van der Waals surface area contributed by atoms with Gasteiger partial charge in [0.1, 0.15) is 0 Å². The molecular weight excluding hydrogens is 182 g/mol. The van der Waals surface area contributed by atoms with Crippen LogP contribution in [0.4, 0.5) is 0 Å². The molecule has 1 N–H and O–H groups in total. The van der Waals surface area contributed by atoms with Crippen molar-refractivity contribution in [3.8, 4) is 0 Å². The molecular formula is C14H29N. The summed E-state index contributed by atoms with van der Waals surface area (Å²) in [5.74, 6) is 0.989. The fourth-order valence-electron chi connectivity index (χ4n) is 2.56. The van der Waals surface area contributed by atoms with Gasteiger partial charge in [0.25, 0.3) is 0 Å². The van der Waals surface area contributed by atoms with Crippen LogP contribution in [-0.4, -0.2) is 12.6 Å². The molecule has 0 aromatic rings. The Morgan fingerprint density at radius 1 is 1.13 bits per heavy atom. The lowest BCUT2D eigenvalue weighted by molar-refractivity contribution is 0.421. The van der Waals surface area contributed by atoms with Crippen LogP contribution in [-0.2, 0) is 0 Å². The molecule has 0 radical (unpaired) electrons. The molecule has 1 heteroatoms. The largest absolute Gasteiger partial charge is 0.314 e. The van der Waals surface area contributed by atoms with E-state index in [1.807, 2.05) is 0 Å². The van der Waals surface area contributed by atoms with E-state index in [4.69, 9.17) is 0 Å². The van der Waals surface area contributed by atoms with Crippen molar-refractivity contribution in [2.24, 2.45) is 5.92 Å². The smallest absolute Gasteiger partial charge is 0.00388 e. The third kappa shape index (κ3) is 6.19. The molecule has 0 aromatic heterocycles. The van der Waals surface area contributed by atoms with E-state index in [1.54, 1.807) is 0 Å². The van der Waals surface area contributed by atoms with Gasteiger partial charge in [-0.3, -0.25) is 0 Å². The molecule has 90 valence electrons. The first-order chi connectivity index (χ1) is 7.33. The molecule has 1 aliphatic carbocycles. The predicted molar refractivity (Wildman–Crippen MR) is 68.2 cm³/mol. The number of hydrogen-bond acceptors (Lipinski definition) is 1. The summed E-state index contributed by atoms with van der Waals surface area (Å²) in [6, 6.07) is 0.738. The molecule has 0 heterocycles. The van der Waals surface area contributed by atoms with Gasteiger partial charge in [0.2, 0.25) is 0 Å². The molecule has 1 saturated carbocycles. The van der Waals surface area contributed by atoms with Crippen LogP contribution in [0.5, 0.6) is 0 Å². The first kappa shape index (κ1) is 13.0. The summed E-state index contributed by atoms with van der Waals surface area (Å²) in [7, 11) is 0. The highest BCUT2D eigenvalue weighted by Gasteiger charge is 2.15. The normalized spacial score (nSPS) is 19.6. The van der Waals surface area contributed by atoms with Crippen LogP contribution in [0.1, 0.15) is 71.6 Å². The molecule has 15 heavy (non-hydrogen) atoms. The third-order valence-corrected chi connectivity index (χ3v) is 3.72. The van der Waals surface area contributed by atoms with Gasteiger partial charge in [0, 0.05) is 6.04 Å². The quantitative estimate of drug-likeness (QED) is 0.595. The van der Waals surface area contributed by atoms with Crippen LogP contribution in [0, 0.1) is 5.92 Å². The van der Waals surface area contributed by atoms with E-state index in [2.05, 4.69) is 19.2 Å². The van der Waals surface area contributed by atoms with Crippen molar-refractivity contribution in [1.29, 1.82) is 0 Å². The van der Waals surface area contributed by atoms with Gasteiger partial charge >= 0.3 is 0 Å². The van der Waals surface area contributed by atoms with E-state index in [0.717, 1.165) is 12.0 Å². The molecule has 0 amide bonds. The molecule has 0 bridgehead atoms. The molecule has 0 spiro atoms. The topological polar surface area (TPSA) is 12.0 Å². The number of rotatable bonds is 8. The summed E-state index contributed by atoms with van der Waals surface area (Å²) in [6.07, 6.45) is 12.8. The Hall–Kier alpha value is -0.0400. The Morgan fingerprint density at radius 3 is 2.53 bits per heavy atom. The van der Waals surface area contributed by atoms with Gasteiger partial charge in [-0.15, -0.1) is 0 Å². The van der Waals surface area contributed by atoms with Crippen LogP contribution >= 0.6 is 0 Å². The number of nitrogens with one attached hydrogen (secondary N) is 1. The van der Waals surface area contributed by atoms with Crippen molar-refractivity contribution >= 4 is 0 Å². The maximum absolute atomic E-state index is 3.70. The summed E-state index contributed by atoms with van der Waals surface area (Å²) < 4.78 is 0. The summed E-state index contributed by atoms with van der Waals surface area (Å²) in [5.41, 5.74) is 0. The average Bonchev–Trinajstić information content (AvgIpc) is 2.74. The maximum atomic E-state index is 3.70. The van der Waals surface area contributed by atoms with Crippen molar-refractivity contribution in [2.75, 3.05) is 6.54 Å². The van der Waals surface area contributed by atoms with Crippen LogP contribution in [0.3, 0.4) is 0 Å². The minimum absolute atomic E-state index is 0.738. The highest BCUT2D eigenvalue weighted by molar-refractivity contribution is 4.71. The molecule has 1 aliphatic rings. The summed E-state index contributed by atoms with van der Waals surface area (Å²) in [6.45, 7) is 5.90. The summed E-state index contributed by atoms with van der Waals surface area (Å²) in [5, 5.41) is 3.70. The van der Waals surface area contributed by atoms with Gasteiger partial charge in [-0.1, -0.05) is 45.4 Å². The van der Waals surface area contributed by atoms with Crippen LogP contribution in [0.25, 0.3) is 0 Å². The van der Waals surface area contributed by atoms with Gasteiger partial charge < -0.3 is 5.32 Å². The Bertz CT molecular complexity index is 138. The molecule has 1 unspecified atom stereocenters. The molecule has 1 fully saturated rings. The van der Waals surface area contributed by atoms with E-state index in [0.29, 0.717) is 0 Å². The van der Waals surface area contributed by atoms with Crippen molar-refractivity contribution < 1.29 is 0 Å². The van der Waals surface area contributed by atoms with Gasteiger partial charge in [-0.25, -0.2) is 0 Å². The van der Waals surface area contributed by atoms with Crippen molar-refractivity contribution in [2.45, 2.75) is 77.7 Å². The molecule has 0 aliphatic heterocycles. The highest BCUT2D eigenvalue weighted by atomic mass is 14.9. The Morgan fingerprint density at radius 2 is 1.87 bits per heavy atom. The van der Waals surface area contributed by atoms with Gasteiger partial charge in [-0.05, 0) is 38.6 Å². The fraction of sp³-hybridized carbons (Fsp3) is 1.00. The second-order valence-electron chi connectivity index (χ2n) is 5.31. The summed E-state index contributed by atoms with van der Waals surface area (Å²) in [4.78, 5) is 0. The Labute approximate surface area is 96.0 Å². The van der Waals surface area contributed by atoms with E-state index < -0.39 is 0 Å². The number of hydrogen-bond donors (Lipinski definition) is 1. The van der Waals surface area contributed by atoms with E-state index in [9.17, 15) is 0 Å². The zero-order valence-electron chi connectivity index (χ0n) is 10.7. The zero-order chi connectivity index (χ0) is 10.9. The second-order valence-corrected chi connectivity index (χ2v) is 5.31. The van der Waals surface area contributed by atoms with Crippen molar-refractivity contribution in [3.05, 3.63) is 0 Å². The monoisotopic (exact) mass is 211 g/mol. The third-order valence-electron chi connectivity index (χ3n) is 3.72. The van der Waals surface area contributed by atoms with E-state index in [-0.39, 0.29) is 0 Å². The minimum atomic E-state index is 0.738. The SMILES string of the molecule is CCCCCCC(C)NCC1CCCC1. The van der Waals surface area contributed by atoms with Crippen LogP contribution < -0.4 is 5.32 Å². The predicted octanol–water partition coefficient (Wildman–Crippen LogP) is 4.13. The highest BCUT2D eigenvalue weighted by Crippen LogP contribution is 2.23. The molecule has 1 atom stereocenters. The summed E-state index contributed by atoms with van der Waals surface area (Å²) >= 11 is 0.